The molecule has 2 aliphatic rings. The molecule has 0 radical (unpaired) electrons. The van der Waals surface area contributed by atoms with Gasteiger partial charge in [-0.25, -0.2) is 27.8 Å². The van der Waals surface area contributed by atoms with E-state index in [9.17, 15) is 13.2 Å². The second kappa shape index (κ2) is 11.1. The van der Waals surface area contributed by atoms with Crippen molar-refractivity contribution in [3.63, 3.8) is 0 Å². The number of piperazine rings is 1. The average Bonchev–Trinajstić information content (AvgIpc) is 3.31. The van der Waals surface area contributed by atoms with Crippen molar-refractivity contribution in [1.29, 1.82) is 0 Å². The third-order valence-corrected chi connectivity index (χ3v) is 8.93. The number of hydrogen-bond acceptors (Lipinski definition) is 8. The number of benzene rings is 1. The second-order valence-electron chi connectivity index (χ2n) is 9.70. The van der Waals surface area contributed by atoms with Gasteiger partial charge in [0.25, 0.3) is 5.91 Å². The number of carbonyl (C=O) groups excluding carboxylic acids is 1. The largest absolute Gasteiger partial charge is 0.384 e. The third kappa shape index (κ3) is 5.92. The molecule has 1 aromatic carbocycles. The highest BCUT2D eigenvalue weighted by molar-refractivity contribution is 7.91. The summed E-state index contributed by atoms with van der Waals surface area (Å²) in [5, 5.41) is 0. The van der Waals surface area contributed by atoms with Crippen molar-refractivity contribution in [3.8, 4) is 23.1 Å². The Hall–Kier alpha value is -3.88. The molecule has 2 fully saturated rings. The molecule has 0 bridgehead atoms. The maximum atomic E-state index is 15.3. The number of aromatic nitrogens is 3. The van der Waals surface area contributed by atoms with Crippen molar-refractivity contribution in [3.05, 3.63) is 71.1 Å². The highest BCUT2D eigenvalue weighted by Crippen LogP contribution is 2.26. The van der Waals surface area contributed by atoms with Gasteiger partial charge in [-0.15, -0.1) is 0 Å². The van der Waals surface area contributed by atoms with Gasteiger partial charge in [-0.1, -0.05) is 24.8 Å². The number of sulfone groups is 1. The number of hydrogen-bond donors (Lipinski definition) is 1. The molecule has 2 N–H and O–H groups in total. The van der Waals surface area contributed by atoms with Gasteiger partial charge in [0.1, 0.15) is 18.0 Å². The van der Waals surface area contributed by atoms with Crippen LogP contribution in [0, 0.1) is 17.7 Å². The Kier molecular flexibility index (Phi) is 7.59. The normalized spacial score (nSPS) is 18.9. The molecule has 11 heteroatoms. The minimum Gasteiger partial charge on any atom is -0.384 e. The molecule has 2 aromatic heterocycles. The molecular formula is C28H29FN6O3S. The number of nitrogens with two attached hydrogens (primary N) is 1. The van der Waals surface area contributed by atoms with Gasteiger partial charge in [0.15, 0.2) is 9.84 Å². The number of rotatable bonds is 4. The Morgan fingerprint density at radius 1 is 1.10 bits per heavy atom. The minimum absolute atomic E-state index is 0.00210. The molecule has 0 spiro atoms. The van der Waals surface area contributed by atoms with Gasteiger partial charge in [-0.2, -0.15) is 0 Å². The van der Waals surface area contributed by atoms with Crippen molar-refractivity contribution in [2.24, 2.45) is 0 Å². The van der Waals surface area contributed by atoms with Crippen LogP contribution in [0.1, 0.15) is 40.5 Å². The number of aryl methyl sites for hydroxylation is 1. The molecule has 202 valence electrons. The third-order valence-electron chi connectivity index (χ3n) is 7.18. The Labute approximate surface area is 227 Å². The van der Waals surface area contributed by atoms with Crippen molar-refractivity contribution in [1.82, 2.24) is 24.8 Å². The lowest BCUT2D eigenvalue weighted by molar-refractivity contribution is 0.0583. The molecule has 4 heterocycles. The van der Waals surface area contributed by atoms with Crippen LogP contribution in [0.15, 0.2) is 42.9 Å². The van der Waals surface area contributed by atoms with E-state index in [2.05, 4.69) is 31.7 Å². The van der Waals surface area contributed by atoms with E-state index in [0.29, 0.717) is 67.2 Å². The van der Waals surface area contributed by atoms with Crippen LogP contribution < -0.4 is 5.73 Å². The fourth-order valence-corrected chi connectivity index (χ4v) is 6.78. The van der Waals surface area contributed by atoms with Crippen LogP contribution in [0.3, 0.4) is 0 Å². The molecule has 1 amide bonds. The van der Waals surface area contributed by atoms with E-state index in [0.717, 1.165) is 5.69 Å². The summed E-state index contributed by atoms with van der Waals surface area (Å²) < 4.78 is 39.0. The van der Waals surface area contributed by atoms with E-state index in [4.69, 9.17) is 5.73 Å². The Morgan fingerprint density at radius 2 is 1.90 bits per heavy atom. The standard InChI is InChI=1S/C28H29FN6O3S/c1-2-25-23(6-3-19-4-8-26(30)31-16-19)27(33-18-32-25)20-5-7-22(24(29)15-20)28(36)35-12-10-34(11-13-35)21-9-14-39(37,38)17-21/h4-5,7-8,15-16,18,21H,2,9-14,17H2,1H3,(H2,30,31). The summed E-state index contributed by atoms with van der Waals surface area (Å²) in [4.78, 5) is 29.7. The zero-order chi connectivity index (χ0) is 27.6. The molecule has 9 nitrogen and oxygen atoms in total. The Balaban J connectivity index is 1.34. The van der Waals surface area contributed by atoms with Gasteiger partial charge in [0, 0.05) is 49.5 Å². The number of halogens is 1. The van der Waals surface area contributed by atoms with Crippen LogP contribution in [0.5, 0.6) is 0 Å². The van der Waals surface area contributed by atoms with Gasteiger partial charge in [-0.3, -0.25) is 9.69 Å². The molecule has 39 heavy (non-hydrogen) atoms. The number of anilines is 1. The Morgan fingerprint density at radius 3 is 2.54 bits per heavy atom. The minimum atomic E-state index is -2.97. The number of amides is 1. The van der Waals surface area contributed by atoms with Gasteiger partial charge < -0.3 is 10.6 Å². The summed E-state index contributed by atoms with van der Waals surface area (Å²) in [5.74, 6) is 5.92. The van der Waals surface area contributed by atoms with Crippen LogP contribution in [0.4, 0.5) is 10.2 Å². The molecule has 5 rings (SSSR count). The average molecular weight is 549 g/mol. The van der Waals surface area contributed by atoms with Crippen LogP contribution in [-0.2, 0) is 16.3 Å². The summed E-state index contributed by atoms with van der Waals surface area (Å²) >= 11 is 0. The van der Waals surface area contributed by atoms with Crippen LogP contribution in [0.2, 0.25) is 0 Å². The molecule has 1 unspecified atom stereocenters. The topological polar surface area (TPSA) is 122 Å². The molecule has 2 aliphatic heterocycles. The molecular weight excluding hydrogens is 519 g/mol. The SMILES string of the molecule is CCc1ncnc(-c2ccc(C(=O)N3CCN(C4CCS(=O)(=O)C4)CC3)c(F)c2)c1C#Cc1ccc(N)nc1. The number of nitrogen functional groups attached to an aromatic ring is 1. The predicted molar refractivity (Wildman–Crippen MR) is 146 cm³/mol. The van der Waals surface area contributed by atoms with Crippen molar-refractivity contribution in [2.75, 3.05) is 43.4 Å². The lowest BCUT2D eigenvalue weighted by Crippen LogP contribution is -2.52. The summed E-state index contributed by atoms with van der Waals surface area (Å²) in [6.45, 7) is 3.93. The summed E-state index contributed by atoms with van der Waals surface area (Å²) in [6.07, 6.45) is 4.23. The van der Waals surface area contributed by atoms with E-state index in [1.165, 1.54) is 18.5 Å². The van der Waals surface area contributed by atoms with Crippen LogP contribution in [0.25, 0.3) is 11.3 Å². The van der Waals surface area contributed by atoms with Crippen molar-refractivity contribution >= 4 is 21.6 Å². The van der Waals surface area contributed by atoms with Gasteiger partial charge in [0.2, 0.25) is 0 Å². The van der Waals surface area contributed by atoms with Gasteiger partial charge in [-0.05, 0) is 37.1 Å². The van der Waals surface area contributed by atoms with E-state index in [1.807, 2.05) is 6.92 Å². The summed E-state index contributed by atoms with van der Waals surface area (Å²) in [6, 6.07) is 7.89. The maximum Gasteiger partial charge on any atom is 0.256 e. The lowest BCUT2D eigenvalue weighted by atomic mass is 10.0. The van der Waals surface area contributed by atoms with Gasteiger partial charge in [0.05, 0.1) is 34.0 Å². The van der Waals surface area contributed by atoms with Crippen molar-refractivity contribution < 1.29 is 17.6 Å². The molecule has 3 aromatic rings. The smallest absolute Gasteiger partial charge is 0.256 e. The van der Waals surface area contributed by atoms with E-state index < -0.39 is 15.7 Å². The maximum absolute atomic E-state index is 15.3. The summed E-state index contributed by atoms with van der Waals surface area (Å²) in [7, 11) is -2.97. The molecule has 2 saturated heterocycles. The van der Waals surface area contributed by atoms with E-state index in [1.54, 1.807) is 29.3 Å². The van der Waals surface area contributed by atoms with Crippen LogP contribution >= 0.6 is 0 Å². The second-order valence-corrected chi connectivity index (χ2v) is 11.9. The number of pyridine rings is 1. The fourth-order valence-electron chi connectivity index (χ4n) is 5.01. The quantitative estimate of drug-likeness (QED) is 0.493. The number of carbonyl (C=O) groups is 1. The molecule has 0 aliphatic carbocycles. The molecule has 1 atom stereocenters. The first-order valence-corrected chi connectivity index (χ1v) is 14.7. The fraction of sp³-hybridized carbons (Fsp3) is 0.357. The molecule has 0 saturated carbocycles. The monoisotopic (exact) mass is 548 g/mol. The van der Waals surface area contributed by atoms with E-state index >= 15 is 4.39 Å². The lowest BCUT2D eigenvalue weighted by Gasteiger charge is -2.37. The zero-order valence-corrected chi connectivity index (χ0v) is 22.4. The van der Waals surface area contributed by atoms with Crippen LogP contribution in [-0.4, -0.2) is 82.8 Å². The highest BCUT2D eigenvalue weighted by atomic mass is 32.2. The van der Waals surface area contributed by atoms with Gasteiger partial charge >= 0.3 is 0 Å². The number of nitrogens with zero attached hydrogens (tertiary/aromatic N) is 5. The first-order valence-electron chi connectivity index (χ1n) is 12.8. The Bertz CT molecular complexity index is 1560. The van der Waals surface area contributed by atoms with Crippen molar-refractivity contribution in [2.45, 2.75) is 25.8 Å². The predicted octanol–water partition coefficient (Wildman–Crippen LogP) is 2.17. The highest BCUT2D eigenvalue weighted by Gasteiger charge is 2.34. The first kappa shape index (κ1) is 26.7. The zero-order valence-electron chi connectivity index (χ0n) is 21.6. The van der Waals surface area contributed by atoms with E-state index in [-0.39, 0.29) is 29.0 Å². The summed E-state index contributed by atoms with van der Waals surface area (Å²) in [5.41, 5.74) is 8.59. The first-order chi connectivity index (χ1) is 18.7.